The number of carbonyl (C=O) groups is 2. The van der Waals surface area contributed by atoms with E-state index in [4.69, 9.17) is 4.74 Å². The number of carboxylic acid groups (broad SMARTS) is 1. The van der Waals surface area contributed by atoms with Crippen molar-refractivity contribution in [2.45, 2.75) is 6.92 Å². The number of hydrogen-bond donors (Lipinski definition) is 1. The molecule has 0 saturated heterocycles. The smallest absolute Gasteiger partial charge is 0.545 e. The summed E-state index contributed by atoms with van der Waals surface area (Å²) in [6.45, 7) is 2.38. The van der Waals surface area contributed by atoms with Crippen LogP contribution in [0.4, 0.5) is 5.69 Å². The molecule has 1 aromatic heterocycles. The number of para-hydroxylation sites is 1. The number of benzene rings is 3. The number of rotatable bonds is 7. The molecular formula is C27H21N2NaO4. The summed E-state index contributed by atoms with van der Waals surface area (Å²) in [5.74, 6) is -1.19. The molecule has 164 valence electrons. The van der Waals surface area contributed by atoms with Crippen LogP contribution in [-0.4, -0.2) is 23.5 Å². The van der Waals surface area contributed by atoms with Crippen molar-refractivity contribution in [1.82, 2.24) is 4.98 Å². The predicted molar refractivity (Wildman–Crippen MR) is 125 cm³/mol. The van der Waals surface area contributed by atoms with Crippen LogP contribution in [0.25, 0.3) is 22.3 Å². The molecule has 0 aliphatic carbocycles. The zero-order valence-corrected chi connectivity index (χ0v) is 20.9. The molecule has 0 aliphatic heterocycles. The summed E-state index contributed by atoms with van der Waals surface area (Å²) in [5.41, 5.74) is 3.51. The van der Waals surface area contributed by atoms with Gasteiger partial charge in [0.25, 0.3) is 5.91 Å². The van der Waals surface area contributed by atoms with Gasteiger partial charge in [0.15, 0.2) is 0 Å². The molecule has 0 radical (unpaired) electrons. The maximum Gasteiger partial charge on any atom is 1.00 e. The summed E-state index contributed by atoms with van der Waals surface area (Å²) in [5, 5.41) is 14.4. The summed E-state index contributed by atoms with van der Waals surface area (Å²) in [6.07, 6.45) is 3.11. The van der Waals surface area contributed by atoms with Crippen molar-refractivity contribution in [2.75, 3.05) is 11.9 Å². The van der Waals surface area contributed by atoms with Crippen LogP contribution in [0.3, 0.4) is 0 Å². The summed E-state index contributed by atoms with van der Waals surface area (Å²) in [7, 11) is 0. The van der Waals surface area contributed by atoms with Gasteiger partial charge >= 0.3 is 29.6 Å². The number of aromatic nitrogens is 1. The van der Waals surface area contributed by atoms with Crippen LogP contribution in [0.15, 0.2) is 91.3 Å². The predicted octanol–water partition coefficient (Wildman–Crippen LogP) is 1.43. The van der Waals surface area contributed by atoms with E-state index in [0.29, 0.717) is 23.5 Å². The quantitative estimate of drug-likeness (QED) is 0.422. The largest absolute Gasteiger partial charge is 1.00 e. The number of carbonyl (C=O) groups excluding carboxylic acids is 2. The van der Waals surface area contributed by atoms with Crippen LogP contribution in [-0.2, 0) is 0 Å². The van der Waals surface area contributed by atoms with E-state index < -0.39 is 11.9 Å². The van der Waals surface area contributed by atoms with Crippen molar-refractivity contribution in [3.63, 3.8) is 0 Å². The van der Waals surface area contributed by atoms with E-state index in [2.05, 4.69) is 10.3 Å². The Balaban J connectivity index is 0.00000324. The van der Waals surface area contributed by atoms with E-state index in [1.165, 1.54) is 12.3 Å². The van der Waals surface area contributed by atoms with Gasteiger partial charge < -0.3 is 20.0 Å². The van der Waals surface area contributed by atoms with Gasteiger partial charge in [0.05, 0.1) is 23.8 Å². The maximum atomic E-state index is 13.0. The number of ether oxygens (including phenoxy) is 1. The van der Waals surface area contributed by atoms with Crippen molar-refractivity contribution in [3.05, 3.63) is 102 Å². The normalized spacial score (nSPS) is 10.1. The van der Waals surface area contributed by atoms with Gasteiger partial charge in [-0.05, 0) is 36.2 Å². The van der Waals surface area contributed by atoms with Gasteiger partial charge in [0, 0.05) is 29.1 Å². The Kier molecular flexibility index (Phi) is 8.60. The molecule has 4 rings (SSSR count). The fourth-order valence-corrected chi connectivity index (χ4v) is 3.53. The Morgan fingerprint density at radius 2 is 1.62 bits per heavy atom. The van der Waals surface area contributed by atoms with Crippen molar-refractivity contribution in [2.24, 2.45) is 0 Å². The van der Waals surface area contributed by atoms with Gasteiger partial charge in [-0.3, -0.25) is 9.78 Å². The van der Waals surface area contributed by atoms with Gasteiger partial charge in [-0.25, -0.2) is 0 Å². The van der Waals surface area contributed by atoms with Crippen molar-refractivity contribution in [3.8, 4) is 28.0 Å². The number of amides is 1. The first-order valence-electron chi connectivity index (χ1n) is 10.5. The standard InChI is InChI=1S/C27H22N2O4.Na/c1-2-33-25-11-7-6-10-22(25)19-12-13-23(27(31)32)24(15-19)29-26(30)21-14-20(16-28-17-21)18-8-4-3-5-9-18;/h3-17H,2H2,1H3,(H,29,30)(H,31,32);/q;+1/p-1. The van der Waals surface area contributed by atoms with E-state index >= 15 is 0 Å². The first kappa shape index (κ1) is 25.2. The second kappa shape index (κ2) is 11.6. The van der Waals surface area contributed by atoms with Gasteiger partial charge in [-0.1, -0.05) is 60.7 Å². The third-order valence-corrected chi connectivity index (χ3v) is 5.09. The minimum Gasteiger partial charge on any atom is -0.545 e. The van der Waals surface area contributed by atoms with Crippen molar-refractivity contribution >= 4 is 17.6 Å². The molecule has 0 unspecified atom stereocenters. The Hall–Kier alpha value is -3.45. The molecule has 7 heteroatoms. The SMILES string of the molecule is CCOc1ccccc1-c1ccc(C(=O)[O-])c(NC(=O)c2cncc(-c3ccccc3)c2)c1.[Na+]. The monoisotopic (exact) mass is 460 g/mol. The minimum atomic E-state index is -1.38. The van der Waals surface area contributed by atoms with Crippen molar-refractivity contribution in [1.29, 1.82) is 0 Å². The third-order valence-electron chi connectivity index (χ3n) is 5.09. The van der Waals surface area contributed by atoms with E-state index in [1.807, 2.05) is 61.5 Å². The van der Waals surface area contributed by atoms with Gasteiger partial charge in [-0.15, -0.1) is 0 Å². The molecule has 1 heterocycles. The van der Waals surface area contributed by atoms with E-state index in [9.17, 15) is 14.7 Å². The van der Waals surface area contributed by atoms with Gasteiger partial charge in [0.1, 0.15) is 5.75 Å². The zero-order valence-electron chi connectivity index (χ0n) is 18.9. The van der Waals surface area contributed by atoms with E-state index in [0.717, 1.165) is 16.7 Å². The Morgan fingerprint density at radius 3 is 2.35 bits per heavy atom. The number of nitrogens with one attached hydrogen (secondary N) is 1. The molecule has 34 heavy (non-hydrogen) atoms. The molecule has 0 spiro atoms. The van der Waals surface area contributed by atoms with Gasteiger partial charge in [0.2, 0.25) is 0 Å². The fourth-order valence-electron chi connectivity index (χ4n) is 3.53. The van der Waals surface area contributed by atoms with Crippen LogP contribution in [0.2, 0.25) is 0 Å². The number of aromatic carboxylic acids is 1. The first-order valence-corrected chi connectivity index (χ1v) is 10.5. The molecule has 0 aliphatic rings. The molecule has 6 nitrogen and oxygen atoms in total. The number of carboxylic acids is 1. The zero-order chi connectivity index (χ0) is 23.2. The molecule has 0 bridgehead atoms. The molecular weight excluding hydrogens is 439 g/mol. The van der Waals surface area contributed by atoms with Crippen LogP contribution < -0.4 is 44.7 Å². The third kappa shape index (κ3) is 5.72. The van der Waals surface area contributed by atoms with E-state index in [1.54, 1.807) is 24.4 Å². The molecule has 0 atom stereocenters. The van der Waals surface area contributed by atoms with E-state index in [-0.39, 0.29) is 40.8 Å². The molecule has 0 fully saturated rings. The average Bonchev–Trinajstić information content (AvgIpc) is 2.85. The molecule has 3 aromatic carbocycles. The van der Waals surface area contributed by atoms with Crippen LogP contribution in [0, 0.1) is 0 Å². The summed E-state index contributed by atoms with van der Waals surface area (Å²) in [4.78, 5) is 28.9. The fraction of sp³-hybridized carbons (Fsp3) is 0.0741. The first-order chi connectivity index (χ1) is 16.1. The summed E-state index contributed by atoms with van der Waals surface area (Å²) in [6, 6.07) is 23.4. The average molecular weight is 460 g/mol. The van der Waals surface area contributed by atoms with Gasteiger partial charge in [-0.2, -0.15) is 0 Å². The second-order valence-corrected chi connectivity index (χ2v) is 7.26. The van der Waals surface area contributed by atoms with Crippen LogP contribution in [0.5, 0.6) is 5.75 Å². The molecule has 0 saturated carbocycles. The molecule has 4 aromatic rings. The number of nitrogens with zero attached hydrogens (tertiary/aromatic N) is 1. The topological polar surface area (TPSA) is 91.4 Å². The number of hydrogen-bond acceptors (Lipinski definition) is 5. The van der Waals surface area contributed by atoms with Crippen LogP contribution in [0.1, 0.15) is 27.6 Å². The maximum absolute atomic E-state index is 13.0. The van der Waals surface area contributed by atoms with Crippen LogP contribution >= 0.6 is 0 Å². The Labute approximate surface area is 219 Å². The molecule has 1 N–H and O–H groups in total. The second-order valence-electron chi connectivity index (χ2n) is 7.26. The minimum absolute atomic E-state index is 0. The Morgan fingerprint density at radius 1 is 0.882 bits per heavy atom. The summed E-state index contributed by atoms with van der Waals surface area (Å²) >= 11 is 0. The Bertz CT molecular complexity index is 1310. The summed E-state index contributed by atoms with van der Waals surface area (Å²) < 4.78 is 5.69. The number of pyridine rings is 1. The number of anilines is 1. The van der Waals surface area contributed by atoms with Crippen molar-refractivity contribution < 1.29 is 49.0 Å². The molecule has 1 amide bonds.